The minimum atomic E-state index is 0.454. The summed E-state index contributed by atoms with van der Waals surface area (Å²) in [6, 6.07) is 5.81. The first-order chi connectivity index (χ1) is 8.31. The molecule has 17 heavy (non-hydrogen) atoms. The van der Waals surface area contributed by atoms with Gasteiger partial charge in [0.05, 0.1) is 7.11 Å². The van der Waals surface area contributed by atoms with E-state index in [4.69, 9.17) is 21.1 Å². The van der Waals surface area contributed by atoms with E-state index in [1.165, 1.54) is 5.54 Å². The van der Waals surface area contributed by atoms with Gasteiger partial charge in [-0.3, -0.25) is 0 Å². The second kappa shape index (κ2) is 7.98. The summed E-state index contributed by atoms with van der Waals surface area (Å²) in [6.07, 6.45) is 1.75. The van der Waals surface area contributed by atoms with Crippen LogP contribution in [-0.4, -0.2) is 20.3 Å². The standard InChI is InChI=1S/C13H18ClNO2/c1-3-15-10-11-5-6-12(16-2)9-13(11)17-8-4-7-14/h4-7,9,15H,3,8,10H2,1-2H3/b7-4+. The molecule has 1 aromatic rings. The van der Waals surface area contributed by atoms with E-state index < -0.39 is 0 Å². The van der Waals surface area contributed by atoms with Crippen LogP contribution in [0.2, 0.25) is 0 Å². The molecule has 0 amide bonds. The molecule has 0 bridgehead atoms. The fourth-order valence-electron chi connectivity index (χ4n) is 1.38. The van der Waals surface area contributed by atoms with E-state index in [-0.39, 0.29) is 0 Å². The van der Waals surface area contributed by atoms with Gasteiger partial charge in [0.15, 0.2) is 0 Å². The van der Waals surface area contributed by atoms with E-state index in [1.54, 1.807) is 13.2 Å². The largest absolute Gasteiger partial charge is 0.497 e. The van der Waals surface area contributed by atoms with Gasteiger partial charge in [-0.05, 0) is 18.7 Å². The van der Waals surface area contributed by atoms with Crippen molar-refractivity contribution in [1.29, 1.82) is 0 Å². The normalized spacial score (nSPS) is 10.8. The Morgan fingerprint density at radius 3 is 2.88 bits per heavy atom. The first-order valence-corrected chi connectivity index (χ1v) is 6.01. The third kappa shape index (κ3) is 4.67. The van der Waals surface area contributed by atoms with Crippen LogP contribution in [0.5, 0.6) is 11.5 Å². The highest BCUT2D eigenvalue weighted by Crippen LogP contribution is 2.24. The van der Waals surface area contributed by atoms with Crippen molar-refractivity contribution in [2.75, 3.05) is 20.3 Å². The molecule has 0 fully saturated rings. The van der Waals surface area contributed by atoms with E-state index in [0.717, 1.165) is 30.2 Å². The Hall–Kier alpha value is -1.19. The maximum Gasteiger partial charge on any atom is 0.127 e. The van der Waals surface area contributed by atoms with Crippen molar-refractivity contribution < 1.29 is 9.47 Å². The molecule has 1 aromatic carbocycles. The first-order valence-electron chi connectivity index (χ1n) is 5.57. The molecule has 0 atom stereocenters. The Labute approximate surface area is 107 Å². The Morgan fingerprint density at radius 1 is 1.41 bits per heavy atom. The number of methoxy groups -OCH3 is 1. The molecule has 3 nitrogen and oxygen atoms in total. The van der Waals surface area contributed by atoms with Gasteiger partial charge in [0, 0.05) is 23.7 Å². The molecule has 0 spiro atoms. The van der Waals surface area contributed by atoms with Crippen LogP contribution in [0.1, 0.15) is 12.5 Å². The Balaban J connectivity index is 2.78. The van der Waals surface area contributed by atoms with Crippen molar-refractivity contribution in [3.8, 4) is 11.5 Å². The van der Waals surface area contributed by atoms with Gasteiger partial charge in [-0.1, -0.05) is 24.6 Å². The average Bonchev–Trinajstić information content (AvgIpc) is 2.37. The van der Waals surface area contributed by atoms with Crippen LogP contribution in [0.15, 0.2) is 29.8 Å². The number of halogens is 1. The topological polar surface area (TPSA) is 30.5 Å². The first kappa shape index (κ1) is 13.9. The molecule has 0 aromatic heterocycles. The third-order valence-corrected chi connectivity index (χ3v) is 2.44. The molecular formula is C13H18ClNO2. The van der Waals surface area contributed by atoms with Crippen LogP contribution in [0.25, 0.3) is 0 Å². The minimum absolute atomic E-state index is 0.454. The lowest BCUT2D eigenvalue weighted by atomic mass is 10.2. The lowest BCUT2D eigenvalue weighted by Gasteiger charge is -2.12. The number of benzene rings is 1. The summed E-state index contributed by atoms with van der Waals surface area (Å²) < 4.78 is 10.8. The molecule has 0 saturated heterocycles. The van der Waals surface area contributed by atoms with E-state index in [0.29, 0.717) is 6.61 Å². The molecule has 0 heterocycles. The van der Waals surface area contributed by atoms with Crippen LogP contribution in [0.3, 0.4) is 0 Å². The summed E-state index contributed by atoms with van der Waals surface area (Å²) >= 11 is 5.45. The lowest BCUT2D eigenvalue weighted by Crippen LogP contribution is -2.13. The monoisotopic (exact) mass is 255 g/mol. The van der Waals surface area contributed by atoms with Gasteiger partial charge >= 0.3 is 0 Å². The van der Waals surface area contributed by atoms with Gasteiger partial charge in [0.2, 0.25) is 0 Å². The summed E-state index contributed by atoms with van der Waals surface area (Å²) in [7, 11) is 1.64. The van der Waals surface area contributed by atoms with Crippen molar-refractivity contribution in [2.45, 2.75) is 13.5 Å². The molecule has 1 N–H and O–H groups in total. The quantitative estimate of drug-likeness (QED) is 0.813. The molecular weight excluding hydrogens is 238 g/mol. The molecule has 94 valence electrons. The molecule has 0 aliphatic rings. The summed E-state index contributed by atoms with van der Waals surface area (Å²) in [5.74, 6) is 1.61. The number of hydrogen-bond acceptors (Lipinski definition) is 3. The summed E-state index contributed by atoms with van der Waals surface area (Å²) in [5, 5.41) is 3.27. The van der Waals surface area contributed by atoms with Gasteiger partial charge in [0.1, 0.15) is 18.1 Å². The van der Waals surface area contributed by atoms with Gasteiger partial charge in [-0.2, -0.15) is 0 Å². The van der Waals surface area contributed by atoms with Crippen LogP contribution in [0.4, 0.5) is 0 Å². The number of ether oxygens (including phenoxy) is 2. The van der Waals surface area contributed by atoms with Crippen molar-refractivity contribution in [2.24, 2.45) is 0 Å². The third-order valence-electron chi connectivity index (χ3n) is 2.26. The SMILES string of the molecule is CCNCc1ccc(OC)cc1OC/C=C/Cl. The number of nitrogens with one attached hydrogen (secondary N) is 1. The molecule has 4 heteroatoms. The highest BCUT2D eigenvalue weighted by molar-refractivity contribution is 6.25. The molecule has 0 saturated carbocycles. The average molecular weight is 256 g/mol. The predicted octanol–water partition coefficient (Wildman–Crippen LogP) is 2.94. The van der Waals surface area contributed by atoms with Crippen LogP contribution in [0, 0.1) is 0 Å². The fourth-order valence-corrected chi connectivity index (χ4v) is 1.45. The summed E-state index contributed by atoms with van der Waals surface area (Å²) in [5.41, 5.74) is 2.56. The maximum atomic E-state index is 5.63. The highest BCUT2D eigenvalue weighted by atomic mass is 35.5. The molecule has 1 rings (SSSR count). The summed E-state index contributed by atoms with van der Waals surface area (Å²) in [6.45, 7) is 4.23. The van der Waals surface area contributed by atoms with Crippen molar-refractivity contribution in [3.05, 3.63) is 35.4 Å². The van der Waals surface area contributed by atoms with Gasteiger partial charge in [0.25, 0.3) is 0 Å². The Bertz CT molecular complexity index is 366. The zero-order chi connectivity index (χ0) is 12.5. The Kier molecular flexibility index (Phi) is 6.51. The van der Waals surface area contributed by atoms with Crippen molar-refractivity contribution >= 4 is 11.6 Å². The van der Waals surface area contributed by atoms with E-state index in [9.17, 15) is 0 Å². The minimum Gasteiger partial charge on any atom is -0.497 e. The molecule has 0 radical (unpaired) electrons. The van der Waals surface area contributed by atoms with Crippen LogP contribution in [-0.2, 0) is 6.54 Å². The summed E-state index contributed by atoms with van der Waals surface area (Å²) in [4.78, 5) is 0. The van der Waals surface area contributed by atoms with Gasteiger partial charge in [-0.15, -0.1) is 0 Å². The Morgan fingerprint density at radius 2 is 2.24 bits per heavy atom. The smallest absolute Gasteiger partial charge is 0.127 e. The maximum absolute atomic E-state index is 5.63. The van der Waals surface area contributed by atoms with Crippen molar-refractivity contribution in [3.63, 3.8) is 0 Å². The zero-order valence-electron chi connectivity index (χ0n) is 10.2. The highest BCUT2D eigenvalue weighted by Gasteiger charge is 2.04. The van der Waals surface area contributed by atoms with E-state index >= 15 is 0 Å². The molecule has 0 aliphatic heterocycles. The molecule has 0 aliphatic carbocycles. The fraction of sp³-hybridized carbons (Fsp3) is 0.385. The molecule has 0 unspecified atom stereocenters. The number of rotatable bonds is 7. The van der Waals surface area contributed by atoms with E-state index in [1.807, 2.05) is 18.2 Å². The van der Waals surface area contributed by atoms with Gasteiger partial charge < -0.3 is 14.8 Å². The second-order valence-corrected chi connectivity index (χ2v) is 3.68. The van der Waals surface area contributed by atoms with E-state index in [2.05, 4.69) is 12.2 Å². The zero-order valence-corrected chi connectivity index (χ0v) is 11.0. The number of hydrogen-bond donors (Lipinski definition) is 1. The van der Waals surface area contributed by atoms with Crippen LogP contribution < -0.4 is 14.8 Å². The second-order valence-electron chi connectivity index (χ2n) is 3.43. The predicted molar refractivity (Wildman–Crippen MR) is 70.9 cm³/mol. The van der Waals surface area contributed by atoms with Crippen LogP contribution >= 0.6 is 11.6 Å². The van der Waals surface area contributed by atoms with Gasteiger partial charge in [-0.25, -0.2) is 0 Å². The van der Waals surface area contributed by atoms with Crippen molar-refractivity contribution in [1.82, 2.24) is 5.32 Å². The lowest BCUT2D eigenvalue weighted by molar-refractivity contribution is 0.352.